The van der Waals surface area contributed by atoms with Gasteiger partial charge in [0, 0.05) is 23.3 Å². The number of benzene rings is 1. The summed E-state index contributed by atoms with van der Waals surface area (Å²) in [5, 5.41) is 21.9. The molecule has 0 bridgehead atoms. The fourth-order valence-corrected chi connectivity index (χ4v) is 4.66. The number of halogens is 5. The molecule has 17 heteroatoms. The number of nitrogens with zero attached hydrogens (tertiary/aromatic N) is 4. The molecule has 0 saturated heterocycles. The summed E-state index contributed by atoms with van der Waals surface area (Å²) in [5.41, 5.74) is -0.942. The van der Waals surface area contributed by atoms with E-state index in [2.05, 4.69) is 24.6 Å². The van der Waals surface area contributed by atoms with Gasteiger partial charge in [0.25, 0.3) is 0 Å². The van der Waals surface area contributed by atoms with Gasteiger partial charge in [-0.05, 0) is 36.2 Å². The quantitative estimate of drug-likeness (QED) is 0.250. The van der Waals surface area contributed by atoms with Gasteiger partial charge in [-0.25, -0.2) is 19.5 Å². The smallest absolute Gasteiger partial charge is 0.390 e. The van der Waals surface area contributed by atoms with Crippen LogP contribution in [0, 0.1) is 5.92 Å². The number of aliphatic hydroxyl groups excluding tert-OH is 1. The summed E-state index contributed by atoms with van der Waals surface area (Å²) in [7, 11) is -4.29. The number of carbonyl (C=O) groups excluding carboxylic acids is 1. The van der Waals surface area contributed by atoms with Gasteiger partial charge in [-0.1, -0.05) is 11.6 Å². The fraction of sp³-hybridized carbons (Fsp3) is 0.364. The lowest BCUT2D eigenvalue weighted by Gasteiger charge is -2.18. The Morgan fingerprint density at radius 1 is 1.31 bits per heavy atom. The van der Waals surface area contributed by atoms with Crippen LogP contribution in [0.1, 0.15) is 33.6 Å². The molecule has 0 spiro atoms. The third kappa shape index (κ3) is 6.88. The van der Waals surface area contributed by atoms with E-state index in [1.165, 1.54) is 23.1 Å². The molecule has 0 radical (unpaired) electrons. The van der Waals surface area contributed by atoms with Crippen molar-refractivity contribution in [2.75, 3.05) is 11.9 Å². The topological polar surface area (TPSA) is 162 Å². The highest BCUT2D eigenvalue weighted by Gasteiger charge is 2.44. The molecule has 0 aliphatic heterocycles. The van der Waals surface area contributed by atoms with Crippen molar-refractivity contribution in [1.82, 2.24) is 19.7 Å². The molecule has 1 aliphatic rings. The van der Waals surface area contributed by atoms with E-state index in [0.717, 1.165) is 24.5 Å². The van der Waals surface area contributed by atoms with Crippen LogP contribution >= 0.6 is 11.6 Å². The zero-order chi connectivity index (χ0) is 28.5. The molecule has 1 aliphatic carbocycles. The van der Waals surface area contributed by atoms with Gasteiger partial charge in [0.05, 0.1) is 36.4 Å². The molecule has 1 fully saturated rings. The first-order valence-corrected chi connectivity index (χ1v) is 13.1. The summed E-state index contributed by atoms with van der Waals surface area (Å²) >= 11 is 6.05. The van der Waals surface area contributed by atoms with Crippen molar-refractivity contribution in [2.45, 2.75) is 37.5 Å². The average molecular weight is 593 g/mol. The maximum absolute atomic E-state index is 14.8. The number of anilines is 1. The van der Waals surface area contributed by atoms with Gasteiger partial charge in [-0.15, -0.1) is 0 Å². The second-order valence-corrected chi connectivity index (χ2v) is 10.4. The zero-order valence-electron chi connectivity index (χ0n) is 19.7. The third-order valence-corrected chi connectivity index (χ3v) is 6.89. The van der Waals surface area contributed by atoms with Crippen LogP contribution in [0.5, 0.6) is 0 Å². The first-order valence-electron chi connectivity index (χ1n) is 11.2. The zero-order valence-corrected chi connectivity index (χ0v) is 21.3. The number of alkyl halides is 4. The lowest BCUT2D eigenvalue weighted by Crippen LogP contribution is -2.33. The molecular formula is C22H21ClF4N6O5S. The van der Waals surface area contributed by atoms with Gasteiger partial charge in [-0.2, -0.15) is 26.7 Å². The predicted molar refractivity (Wildman–Crippen MR) is 129 cm³/mol. The van der Waals surface area contributed by atoms with Gasteiger partial charge >= 0.3 is 16.5 Å². The summed E-state index contributed by atoms with van der Waals surface area (Å²) in [6, 6.07) is 3.14. The van der Waals surface area contributed by atoms with Crippen LogP contribution in [0.4, 0.5) is 23.4 Å². The molecule has 2 aromatic heterocycles. The largest absolute Gasteiger partial charge is 0.416 e. The van der Waals surface area contributed by atoms with Crippen molar-refractivity contribution in [2.24, 2.45) is 11.1 Å². The molecule has 11 nitrogen and oxygen atoms in total. The lowest BCUT2D eigenvalue weighted by molar-refractivity contribution is -0.137. The first kappa shape index (κ1) is 28.8. The molecule has 1 saturated carbocycles. The summed E-state index contributed by atoms with van der Waals surface area (Å²) in [4.78, 5) is 21.0. The molecular weight excluding hydrogens is 572 g/mol. The SMILES string of the molecule is NS(=O)(=O)OC[C@H]1C[C@@H](Nc2ncncc2C(=O)c2ccn(Cc3cc(C(F)(F)F)ccc3Cl)n2)[C@@H](F)[C@@H]1O. The maximum Gasteiger partial charge on any atom is 0.416 e. The van der Waals surface area contributed by atoms with E-state index in [4.69, 9.17) is 16.7 Å². The molecule has 1 aromatic carbocycles. The molecule has 4 N–H and O–H groups in total. The van der Waals surface area contributed by atoms with E-state index >= 15 is 0 Å². The van der Waals surface area contributed by atoms with E-state index in [-0.39, 0.29) is 40.6 Å². The summed E-state index contributed by atoms with van der Waals surface area (Å²) < 4.78 is 81.7. The molecule has 39 heavy (non-hydrogen) atoms. The third-order valence-electron chi connectivity index (χ3n) is 6.05. The molecule has 0 unspecified atom stereocenters. The second kappa shape index (κ2) is 11.1. The number of hydrogen-bond acceptors (Lipinski definition) is 9. The predicted octanol–water partition coefficient (Wildman–Crippen LogP) is 2.34. The van der Waals surface area contributed by atoms with Crippen LogP contribution in [0.25, 0.3) is 0 Å². The Morgan fingerprint density at radius 2 is 2.05 bits per heavy atom. The highest BCUT2D eigenvalue weighted by molar-refractivity contribution is 7.84. The lowest BCUT2D eigenvalue weighted by atomic mass is 10.1. The van der Waals surface area contributed by atoms with Gasteiger partial charge in [0.2, 0.25) is 5.78 Å². The van der Waals surface area contributed by atoms with Crippen molar-refractivity contribution >= 4 is 33.5 Å². The van der Waals surface area contributed by atoms with Crippen molar-refractivity contribution in [3.8, 4) is 0 Å². The van der Waals surface area contributed by atoms with Gasteiger partial charge in [0.1, 0.15) is 24.0 Å². The Labute approximate surface area is 224 Å². The van der Waals surface area contributed by atoms with Crippen LogP contribution in [0.15, 0.2) is 43.0 Å². The minimum atomic E-state index is -4.57. The second-order valence-electron chi connectivity index (χ2n) is 8.78. The highest BCUT2D eigenvalue weighted by Crippen LogP contribution is 2.33. The minimum absolute atomic E-state index is 0.0676. The molecule has 2 heterocycles. The normalized spacial score (nSPS) is 21.7. The first-order chi connectivity index (χ1) is 18.2. The van der Waals surface area contributed by atoms with Crippen LogP contribution in [0.3, 0.4) is 0 Å². The van der Waals surface area contributed by atoms with Crippen LogP contribution in [-0.2, 0) is 27.2 Å². The van der Waals surface area contributed by atoms with E-state index in [1.54, 1.807) is 0 Å². The summed E-state index contributed by atoms with van der Waals surface area (Å²) in [5.74, 6) is -1.65. The Kier molecular flexibility index (Phi) is 8.22. The minimum Gasteiger partial charge on any atom is -0.390 e. The van der Waals surface area contributed by atoms with E-state index in [1.807, 2.05) is 0 Å². The number of nitrogens with one attached hydrogen (secondary N) is 1. The Bertz CT molecular complexity index is 1470. The Balaban J connectivity index is 1.50. The number of carbonyl (C=O) groups is 1. The number of aliphatic hydroxyl groups is 1. The van der Waals surface area contributed by atoms with Crippen molar-refractivity contribution in [3.05, 3.63) is 70.4 Å². The Morgan fingerprint density at radius 3 is 2.74 bits per heavy atom. The molecule has 4 atom stereocenters. The monoisotopic (exact) mass is 592 g/mol. The van der Waals surface area contributed by atoms with Crippen LogP contribution < -0.4 is 10.5 Å². The number of rotatable bonds is 9. The van der Waals surface area contributed by atoms with Crippen molar-refractivity contribution < 1.29 is 40.1 Å². The molecule has 4 rings (SSSR count). The van der Waals surface area contributed by atoms with Crippen molar-refractivity contribution in [3.63, 3.8) is 0 Å². The molecule has 3 aromatic rings. The van der Waals surface area contributed by atoms with Crippen LogP contribution in [0.2, 0.25) is 5.02 Å². The maximum atomic E-state index is 14.8. The van der Waals surface area contributed by atoms with Gasteiger partial charge in [0.15, 0.2) is 0 Å². The molecule has 0 amide bonds. The van der Waals surface area contributed by atoms with Gasteiger partial charge in [-0.3, -0.25) is 13.7 Å². The highest BCUT2D eigenvalue weighted by atomic mass is 35.5. The summed E-state index contributed by atoms with van der Waals surface area (Å²) in [6.07, 6.45) is -4.40. The molecule has 210 valence electrons. The number of aromatic nitrogens is 4. The van der Waals surface area contributed by atoms with Crippen molar-refractivity contribution in [1.29, 1.82) is 0 Å². The van der Waals surface area contributed by atoms with Crippen LogP contribution in [-0.4, -0.2) is 64.0 Å². The van der Waals surface area contributed by atoms with Gasteiger partial charge < -0.3 is 10.4 Å². The Hall–Kier alpha value is -3.18. The summed E-state index contributed by atoms with van der Waals surface area (Å²) in [6.45, 7) is -0.695. The van der Waals surface area contributed by atoms with E-state index < -0.39 is 58.7 Å². The van der Waals surface area contributed by atoms with E-state index in [0.29, 0.717) is 0 Å². The average Bonchev–Trinajstić information content (AvgIpc) is 3.43. The number of nitrogens with two attached hydrogens (primary N) is 1. The van der Waals surface area contributed by atoms with E-state index in [9.17, 15) is 35.9 Å². The number of hydrogen-bond donors (Lipinski definition) is 3. The standard InChI is InChI=1S/C22H21ClF4N6O5S/c23-15-2-1-13(22(25,26)27)5-11(15)8-33-4-3-16(32-33)20(35)14-7-29-10-30-21(14)31-17-6-12(19(34)18(17)24)9-38-39(28,36)37/h1-5,7,10,12,17-19,34H,6,8-9H2,(H2,28,36,37)(H,29,30,31)/t12-,17-,18-,19-/m1/s1. The number of ketones is 1. The fourth-order valence-electron chi connectivity index (χ4n) is 4.12.